The van der Waals surface area contributed by atoms with E-state index in [1.54, 1.807) is 19.2 Å². The molecule has 1 aromatic heterocycles. The number of nitrogens with zero attached hydrogens (tertiary/aromatic N) is 1. The van der Waals surface area contributed by atoms with Crippen molar-refractivity contribution in [2.45, 2.75) is 24.7 Å². The fraction of sp³-hybridized carbons (Fsp3) is 0.318. The van der Waals surface area contributed by atoms with E-state index in [0.717, 1.165) is 38.3 Å². The maximum atomic E-state index is 13.2. The Bertz CT molecular complexity index is 938. The number of H-pyrrole nitrogens is 1. The minimum atomic E-state index is -0.183. The SMILES string of the molecule is CN=C(NCCc1c[nH]c2ccccc12)NCC1(c2ccc(F)cc2)CC1. The molecule has 5 heteroatoms. The molecule has 1 saturated carbocycles. The largest absolute Gasteiger partial charge is 0.361 e. The first-order valence-electron chi connectivity index (χ1n) is 9.46. The van der Waals surface area contributed by atoms with E-state index in [0.29, 0.717) is 0 Å². The molecule has 1 aliphatic carbocycles. The van der Waals surface area contributed by atoms with Gasteiger partial charge in [0.05, 0.1) is 0 Å². The van der Waals surface area contributed by atoms with Gasteiger partial charge >= 0.3 is 0 Å². The Labute approximate surface area is 158 Å². The number of aromatic nitrogens is 1. The van der Waals surface area contributed by atoms with Gasteiger partial charge < -0.3 is 15.6 Å². The molecule has 0 atom stereocenters. The number of aromatic amines is 1. The number of aliphatic imine (C=N–C) groups is 1. The second-order valence-electron chi connectivity index (χ2n) is 7.25. The number of rotatable bonds is 6. The molecule has 1 fully saturated rings. The molecule has 140 valence electrons. The lowest BCUT2D eigenvalue weighted by Gasteiger charge is -2.19. The van der Waals surface area contributed by atoms with E-state index < -0.39 is 0 Å². The molecule has 0 aliphatic heterocycles. The van der Waals surface area contributed by atoms with Crippen LogP contribution < -0.4 is 10.6 Å². The Morgan fingerprint density at radius 1 is 1.11 bits per heavy atom. The van der Waals surface area contributed by atoms with Crippen molar-refractivity contribution in [3.05, 3.63) is 71.7 Å². The van der Waals surface area contributed by atoms with Crippen LogP contribution in [0.25, 0.3) is 10.9 Å². The van der Waals surface area contributed by atoms with Crippen LogP contribution in [0.2, 0.25) is 0 Å². The van der Waals surface area contributed by atoms with Crippen molar-refractivity contribution in [1.29, 1.82) is 0 Å². The van der Waals surface area contributed by atoms with Crippen LogP contribution in [-0.4, -0.2) is 31.1 Å². The molecular formula is C22H25FN4. The predicted molar refractivity (Wildman–Crippen MR) is 109 cm³/mol. The maximum absolute atomic E-state index is 13.2. The second kappa shape index (κ2) is 7.43. The molecule has 0 radical (unpaired) electrons. The molecule has 1 heterocycles. The van der Waals surface area contributed by atoms with Crippen LogP contribution in [0.3, 0.4) is 0 Å². The number of nitrogens with one attached hydrogen (secondary N) is 3. The average Bonchev–Trinajstić information content (AvgIpc) is 3.38. The van der Waals surface area contributed by atoms with Crippen molar-refractivity contribution >= 4 is 16.9 Å². The molecule has 27 heavy (non-hydrogen) atoms. The molecule has 4 nitrogen and oxygen atoms in total. The highest BCUT2D eigenvalue weighted by molar-refractivity contribution is 5.83. The van der Waals surface area contributed by atoms with Gasteiger partial charge in [0, 0.05) is 42.7 Å². The summed E-state index contributed by atoms with van der Waals surface area (Å²) >= 11 is 0. The van der Waals surface area contributed by atoms with Gasteiger partial charge in [0.15, 0.2) is 5.96 Å². The molecule has 0 amide bonds. The number of benzene rings is 2. The van der Waals surface area contributed by atoms with E-state index in [-0.39, 0.29) is 11.2 Å². The number of hydrogen-bond donors (Lipinski definition) is 3. The third-order valence-corrected chi connectivity index (χ3v) is 5.49. The minimum absolute atomic E-state index is 0.113. The monoisotopic (exact) mass is 364 g/mol. The summed E-state index contributed by atoms with van der Waals surface area (Å²) in [5, 5.41) is 8.11. The third-order valence-electron chi connectivity index (χ3n) is 5.49. The van der Waals surface area contributed by atoms with Gasteiger partial charge in [-0.05, 0) is 48.6 Å². The number of para-hydroxylation sites is 1. The summed E-state index contributed by atoms with van der Waals surface area (Å²) in [4.78, 5) is 7.65. The van der Waals surface area contributed by atoms with E-state index in [1.165, 1.54) is 22.0 Å². The lowest BCUT2D eigenvalue weighted by atomic mass is 9.96. The Kier molecular flexibility index (Phi) is 4.84. The fourth-order valence-corrected chi connectivity index (χ4v) is 3.65. The number of hydrogen-bond acceptors (Lipinski definition) is 1. The lowest BCUT2D eigenvalue weighted by Crippen LogP contribution is -2.41. The summed E-state index contributed by atoms with van der Waals surface area (Å²) in [7, 11) is 1.79. The topological polar surface area (TPSA) is 52.2 Å². The van der Waals surface area contributed by atoms with Crippen LogP contribution in [0.4, 0.5) is 4.39 Å². The Morgan fingerprint density at radius 3 is 2.63 bits per heavy atom. The smallest absolute Gasteiger partial charge is 0.191 e. The van der Waals surface area contributed by atoms with E-state index in [9.17, 15) is 4.39 Å². The number of halogens is 1. The van der Waals surface area contributed by atoms with Gasteiger partial charge in [-0.1, -0.05) is 30.3 Å². The van der Waals surface area contributed by atoms with Gasteiger partial charge in [-0.2, -0.15) is 0 Å². The minimum Gasteiger partial charge on any atom is -0.361 e. The molecule has 1 aliphatic rings. The highest BCUT2D eigenvalue weighted by Gasteiger charge is 2.44. The van der Waals surface area contributed by atoms with Gasteiger partial charge in [0.1, 0.15) is 5.82 Å². The average molecular weight is 364 g/mol. The third kappa shape index (κ3) is 3.82. The quantitative estimate of drug-likeness (QED) is 0.461. The standard InChI is InChI=1S/C22H25FN4/c1-24-21(25-13-10-16-14-26-20-5-3-2-4-19(16)20)27-15-22(11-12-22)17-6-8-18(23)9-7-17/h2-9,14,26H,10-13,15H2,1H3,(H2,24,25,27). The van der Waals surface area contributed by atoms with E-state index in [1.807, 2.05) is 18.2 Å². The Morgan fingerprint density at radius 2 is 1.89 bits per heavy atom. The van der Waals surface area contributed by atoms with Gasteiger partial charge in [-0.25, -0.2) is 4.39 Å². The zero-order valence-corrected chi connectivity index (χ0v) is 15.6. The van der Waals surface area contributed by atoms with Gasteiger partial charge in [0.25, 0.3) is 0 Å². The summed E-state index contributed by atoms with van der Waals surface area (Å²) in [6, 6.07) is 15.2. The van der Waals surface area contributed by atoms with Crippen molar-refractivity contribution in [3.63, 3.8) is 0 Å². The van der Waals surface area contributed by atoms with Crippen molar-refractivity contribution in [2.24, 2.45) is 4.99 Å². The first kappa shape index (κ1) is 17.6. The van der Waals surface area contributed by atoms with Crippen molar-refractivity contribution in [3.8, 4) is 0 Å². The number of guanidine groups is 1. The molecule has 0 spiro atoms. The molecule has 0 bridgehead atoms. The molecule has 3 N–H and O–H groups in total. The van der Waals surface area contributed by atoms with E-state index in [4.69, 9.17) is 0 Å². The molecule has 0 unspecified atom stereocenters. The zero-order chi connectivity index (χ0) is 18.7. The Hall–Kier alpha value is -2.82. The van der Waals surface area contributed by atoms with Gasteiger partial charge in [-0.15, -0.1) is 0 Å². The van der Waals surface area contributed by atoms with Crippen molar-refractivity contribution in [1.82, 2.24) is 15.6 Å². The molecule has 2 aromatic carbocycles. The summed E-state index contributed by atoms with van der Waals surface area (Å²) in [6.45, 7) is 1.62. The second-order valence-corrected chi connectivity index (χ2v) is 7.25. The van der Waals surface area contributed by atoms with Gasteiger partial charge in [0.2, 0.25) is 0 Å². The zero-order valence-electron chi connectivity index (χ0n) is 15.6. The summed E-state index contributed by atoms with van der Waals surface area (Å²) in [6.07, 6.45) is 5.25. The van der Waals surface area contributed by atoms with Crippen molar-refractivity contribution in [2.75, 3.05) is 20.1 Å². The molecular weight excluding hydrogens is 339 g/mol. The molecule has 4 rings (SSSR count). The van der Waals surface area contributed by atoms with Gasteiger partial charge in [-0.3, -0.25) is 4.99 Å². The van der Waals surface area contributed by atoms with Crippen LogP contribution in [-0.2, 0) is 11.8 Å². The van der Waals surface area contributed by atoms with Crippen LogP contribution in [0.15, 0.2) is 59.7 Å². The van der Waals surface area contributed by atoms with Crippen molar-refractivity contribution < 1.29 is 4.39 Å². The van der Waals surface area contributed by atoms with E-state index >= 15 is 0 Å². The number of fused-ring (bicyclic) bond motifs is 1. The summed E-state index contributed by atoms with van der Waals surface area (Å²) in [5.74, 6) is 0.625. The Balaban J connectivity index is 1.30. The summed E-state index contributed by atoms with van der Waals surface area (Å²) in [5.41, 5.74) is 3.79. The van der Waals surface area contributed by atoms with Crippen LogP contribution in [0.5, 0.6) is 0 Å². The maximum Gasteiger partial charge on any atom is 0.191 e. The van der Waals surface area contributed by atoms with Crippen LogP contribution in [0.1, 0.15) is 24.0 Å². The highest BCUT2D eigenvalue weighted by Crippen LogP contribution is 2.47. The first-order valence-corrected chi connectivity index (χ1v) is 9.46. The molecule has 0 saturated heterocycles. The lowest BCUT2D eigenvalue weighted by molar-refractivity contribution is 0.617. The first-order chi connectivity index (χ1) is 13.2. The molecule has 3 aromatic rings. The fourth-order valence-electron chi connectivity index (χ4n) is 3.65. The van der Waals surface area contributed by atoms with Crippen LogP contribution in [0, 0.1) is 5.82 Å². The predicted octanol–water partition coefficient (Wildman–Crippen LogP) is 3.75. The summed E-state index contributed by atoms with van der Waals surface area (Å²) < 4.78 is 13.2. The van der Waals surface area contributed by atoms with Crippen LogP contribution >= 0.6 is 0 Å². The van der Waals surface area contributed by atoms with E-state index in [2.05, 4.69) is 45.0 Å². The normalized spacial score (nSPS) is 15.7. The highest BCUT2D eigenvalue weighted by atomic mass is 19.1.